The van der Waals surface area contributed by atoms with Gasteiger partial charge < -0.3 is 19.5 Å². The highest BCUT2D eigenvalue weighted by atomic mass is 19.4. The maximum atomic E-state index is 13.3. The van der Waals surface area contributed by atoms with E-state index in [1.165, 1.54) is 11.0 Å². The molecule has 2 N–H and O–H groups in total. The molecule has 0 atom stereocenters. The van der Waals surface area contributed by atoms with Crippen molar-refractivity contribution in [1.82, 2.24) is 15.0 Å². The van der Waals surface area contributed by atoms with Gasteiger partial charge in [0.2, 0.25) is 5.82 Å². The van der Waals surface area contributed by atoms with Crippen molar-refractivity contribution in [3.63, 3.8) is 0 Å². The van der Waals surface area contributed by atoms with Crippen LogP contribution in [0.1, 0.15) is 11.1 Å². The molecule has 3 aromatic rings. The molecule has 0 unspecified atom stereocenters. The van der Waals surface area contributed by atoms with Crippen LogP contribution in [0.5, 0.6) is 5.75 Å². The van der Waals surface area contributed by atoms with Crippen LogP contribution < -0.4 is 4.74 Å². The average Bonchev–Trinajstić information content (AvgIpc) is 3.26. The molecule has 0 spiro atoms. The lowest BCUT2D eigenvalue weighted by Crippen LogP contribution is -2.24. The van der Waals surface area contributed by atoms with Crippen molar-refractivity contribution in [1.29, 1.82) is 0 Å². The van der Waals surface area contributed by atoms with Crippen LogP contribution in [0.4, 0.5) is 17.6 Å². The summed E-state index contributed by atoms with van der Waals surface area (Å²) in [6, 6.07) is 10.1. The van der Waals surface area contributed by atoms with Gasteiger partial charge in [0.1, 0.15) is 19.0 Å². The summed E-state index contributed by atoms with van der Waals surface area (Å²) in [5.41, 5.74) is 0.350. The van der Waals surface area contributed by atoms with E-state index in [2.05, 4.69) is 10.1 Å². The van der Waals surface area contributed by atoms with E-state index in [-0.39, 0.29) is 30.7 Å². The van der Waals surface area contributed by atoms with Crippen LogP contribution in [0.15, 0.2) is 47.0 Å². The quantitative estimate of drug-likeness (QED) is 0.388. The number of aromatic nitrogens is 2. The molecule has 0 aliphatic carbocycles. The van der Waals surface area contributed by atoms with Crippen LogP contribution >= 0.6 is 0 Å². The fourth-order valence-electron chi connectivity index (χ4n) is 2.78. The molecule has 0 fully saturated rings. The second-order valence-electron chi connectivity index (χ2n) is 6.48. The predicted octanol–water partition coefficient (Wildman–Crippen LogP) is 3.47. The molecule has 0 radical (unpaired) electrons. The number of aliphatic hydroxyl groups excluding tert-OH is 2. The first kappa shape index (κ1) is 22.7. The van der Waals surface area contributed by atoms with Crippen molar-refractivity contribution in [2.45, 2.75) is 12.7 Å². The normalized spacial score (nSPS) is 11.8. The van der Waals surface area contributed by atoms with E-state index < -0.39 is 30.8 Å². The second-order valence-corrected chi connectivity index (χ2v) is 6.48. The van der Waals surface area contributed by atoms with Gasteiger partial charge in [0.25, 0.3) is 5.89 Å². The minimum atomic E-state index is -4.71. The van der Waals surface area contributed by atoms with E-state index in [9.17, 15) is 17.6 Å². The lowest BCUT2D eigenvalue weighted by atomic mass is 10.1. The minimum Gasteiger partial charge on any atom is -0.490 e. The Labute approximate surface area is 174 Å². The van der Waals surface area contributed by atoms with Crippen LogP contribution in [0, 0.1) is 0 Å². The van der Waals surface area contributed by atoms with E-state index in [4.69, 9.17) is 19.5 Å². The molecule has 3 rings (SSSR count). The predicted molar refractivity (Wildman–Crippen MR) is 101 cm³/mol. The highest BCUT2D eigenvalue weighted by Crippen LogP contribution is 2.38. The first-order valence-corrected chi connectivity index (χ1v) is 9.13. The number of hydrogen-bond acceptors (Lipinski definition) is 7. The lowest BCUT2D eigenvalue weighted by molar-refractivity contribution is -0.138. The molecule has 0 saturated heterocycles. The summed E-state index contributed by atoms with van der Waals surface area (Å²) in [5, 5.41) is 22.0. The van der Waals surface area contributed by atoms with Crippen molar-refractivity contribution in [3.05, 3.63) is 53.6 Å². The summed E-state index contributed by atoms with van der Waals surface area (Å²) in [6.45, 7) is -1.68. The van der Waals surface area contributed by atoms with Gasteiger partial charge in [-0.2, -0.15) is 18.2 Å². The maximum absolute atomic E-state index is 13.3. The van der Waals surface area contributed by atoms with Gasteiger partial charge in [0, 0.05) is 17.7 Å². The third-order valence-electron chi connectivity index (χ3n) is 4.31. The number of halogens is 4. The van der Waals surface area contributed by atoms with E-state index in [0.717, 1.165) is 17.7 Å². The number of ether oxygens (including phenoxy) is 1. The van der Waals surface area contributed by atoms with Crippen LogP contribution in [0.2, 0.25) is 0 Å². The van der Waals surface area contributed by atoms with Gasteiger partial charge >= 0.3 is 6.18 Å². The number of hydrogen-bond donors (Lipinski definition) is 2. The average molecular weight is 441 g/mol. The van der Waals surface area contributed by atoms with Crippen LogP contribution in [0.25, 0.3) is 22.8 Å². The summed E-state index contributed by atoms with van der Waals surface area (Å²) in [5.74, 6) is -0.425. The Morgan fingerprint density at radius 1 is 1.00 bits per heavy atom. The van der Waals surface area contributed by atoms with Crippen molar-refractivity contribution in [2.24, 2.45) is 0 Å². The van der Waals surface area contributed by atoms with Gasteiger partial charge in [-0.3, -0.25) is 4.90 Å². The first-order chi connectivity index (χ1) is 14.9. The minimum absolute atomic E-state index is 0.0387. The molecule has 1 heterocycles. The Hall–Kier alpha value is -3.02. The zero-order chi connectivity index (χ0) is 22.4. The smallest absolute Gasteiger partial charge is 0.419 e. The van der Waals surface area contributed by atoms with E-state index in [1.807, 2.05) is 0 Å². The monoisotopic (exact) mass is 441 g/mol. The summed E-state index contributed by atoms with van der Waals surface area (Å²) < 4.78 is 62.3. The Morgan fingerprint density at radius 3 is 2.29 bits per heavy atom. The van der Waals surface area contributed by atoms with Gasteiger partial charge in [0.05, 0.1) is 19.0 Å². The van der Waals surface area contributed by atoms with E-state index >= 15 is 0 Å². The fraction of sp³-hybridized carbons (Fsp3) is 0.300. The third-order valence-corrected chi connectivity index (χ3v) is 4.31. The molecule has 0 saturated carbocycles. The zero-order valence-electron chi connectivity index (χ0n) is 16.1. The number of alkyl halides is 4. The molecule has 0 aliphatic heterocycles. The van der Waals surface area contributed by atoms with E-state index in [0.29, 0.717) is 12.1 Å². The molecule has 0 aliphatic rings. The van der Waals surface area contributed by atoms with E-state index in [1.54, 1.807) is 24.3 Å². The van der Waals surface area contributed by atoms with Crippen LogP contribution in [-0.4, -0.2) is 52.0 Å². The topological polar surface area (TPSA) is 91.9 Å². The molecule has 166 valence electrons. The Morgan fingerprint density at radius 2 is 1.68 bits per heavy atom. The molecule has 0 bridgehead atoms. The summed E-state index contributed by atoms with van der Waals surface area (Å²) in [4.78, 5) is 5.54. The highest BCUT2D eigenvalue weighted by Gasteiger charge is 2.35. The van der Waals surface area contributed by atoms with Crippen molar-refractivity contribution in [2.75, 3.05) is 26.7 Å². The SMILES string of the molecule is OCN(CO)Cc1ccc(-c2noc(-c3ccc(OCCF)c(C(F)(F)F)c3)n2)cc1. The van der Waals surface area contributed by atoms with Crippen LogP contribution in [-0.2, 0) is 12.7 Å². The Balaban J connectivity index is 1.83. The maximum Gasteiger partial charge on any atom is 0.419 e. The lowest BCUT2D eigenvalue weighted by Gasteiger charge is -2.15. The largest absolute Gasteiger partial charge is 0.490 e. The van der Waals surface area contributed by atoms with Crippen molar-refractivity contribution in [3.8, 4) is 28.6 Å². The number of benzene rings is 2. The third kappa shape index (κ3) is 5.57. The molecule has 0 amide bonds. The fourth-order valence-corrected chi connectivity index (χ4v) is 2.78. The van der Waals surface area contributed by atoms with Crippen molar-refractivity contribution >= 4 is 0 Å². The molecule has 1 aromatic heterocycles. The van der Waals surface area contributed by atoms with Gasteiger partial charge in [-0.1, -0.05) is 29.4 Å². The van der Waals surface area contributed by atoms with Gasteiger partial charge in [0.15, 0.2) is 0 Å². The second kappa shape index (κ2) is 9.86. The van der Waals surface area contributed by atoms with Gasteiger partial charge in [-0.25, -0.2) is 4.39 Å². The summed E-state index contributed by atoms with van der Waals surface area (Å²) in [7, 11) is 0. The number of nitrogens with zero attached hydrogens (tertiary/aromatic N) is 3. The molecule has 11 heteroatoms. The number of rotatable bonds is 9. The molecule has 2 aromatic carbocycles. The highest BCUT2D eigenvalue weighted by molar-refractivity contribution is 5.62. The number of aliphatic hydroxyl groups is 2. The summed E-state index contributed by atoms with van der Waals surface area (Å²) >= 11 is 0. The summed E-state index contributed by atoms with van der Waals surface area (Å²) in [6.07, 6.45) is -4.71. The molecular weight excluding hydrogens is 422 g/mol. The van der Waals surface area contributed by atoms with Crippen molar-refractivity contribution < 1.29 is 37.0 Å². The molecular formula is C20H19F4N3O4. The zero-order valence-corrected chi connectivity index (χ0v) is 16.1. The first-order valence-electron chi connectivity index (χ1n) is 9.13. The molecule has 31 heavy (non-hydrogen) atoms. The molecule has 7 nitrogen and oxygen atoms in total. The van der Waals surface area contributed by atoms with Gasteiger partial charge in [-0.05, 0) is 23.8 Å². The van der Waals surface area contributed by atoms with Gasteiger partial charge in [-0.15, -0.1) is 0 Å². The van der Waals surface area contributed by atoms with Crippen LogP contribution in [0.3, 0.4) is 0 Å². The Bertz CT molecular complexity index is 989. The Kier molecular flexibility index (Phi) is 7.21. The standard InChI is InChI=1S/C20H19F4N3O4/c21-7-8-30-17-6-5-15(9-16(17)20(22,23)24)19-25-18(26-31-19)14-3-1-13(2-4-14)10-27(11-28)12-29/h1-6,9,28-29H,7-8,10-12H2.